The van der Waals surface area contributed by atoms with E-state index in [0.29, 0.717) is 44.2 Å². The van der Waals surface area contributed by atoms with Crippen LogP contribution in [0.15, 0.2) is 54.6 Å². The largest absolute Gasteiger partial charge is 0.492 e. The lowest BCUT2D eigenvalue weighted by molar-refractivity contribution is 0.102. The second-order valence-corrected chi connectivity index (χ2v) is 8.58. The van der Waals surface area contributed by atoms with Gasteiger partial charge < -0.3 is 10.1 Å². The molecular weight excluding hydrogens is 463 g/mol. The summed E-state index contributed by atoms with van der Waals surface area (Å²) in [5, 5.41) is 4.72. The van der Waals surface area contributed by atoms with Gasteiger partial charge in [0.2, 0.25) is 0 Å². The third-order valence-electron chi connectivity index (χ3n) is 4.32. The molecule has 4 rings (SSSR count). The maximum Gasteiger partial charge on any atom is 0.255 e. The third-order valence-corrected chi connectivity index (χ3v) is 6.31. The van der Waals surface area contributed by atoms with Crippen molar-refractivity contribution in [1.82, 2.24) is 4.98 Å². The minimum atomic E-state index is -0.348. The van der Waals surface area contributed by atoms with Gasteiger partial charge in [0.15, 0.2) is 0 Å². The first kappa shape index (κ1) is 20.9. The van der Waals surface area contributed by atoms with Crippen LogP contribution >= 0.6 is 46.1 Å². The van der Waals surface area contributed by atoms with Crippen LogP contribution in [0.2, 0.25) is 15.1 Å². The van der Waals surface area contributed by atoms with Crippen molar-refractivity contribution in [3.8, 4) is 16.3 Å². The highest BCUT2D eigenvalue weighted by atomic mass is 35.5. The normalized spacial score (nSPS) is 10.9. The zero-order chi connectivity index (χ0) is 21.3. The fraction of sp³-hybridized carbons (Fsp3) is 0.0909. The molecular formula is C22H15Cl3N2O2S. The SMILES string of the molecule is CCOc1ccc(C(=O)Nc2cc(-c3nc4ccccc4s3)c(Cl)cc2Cl)cc1Cl. The number of rotatable bonds is 5. The number of fused-ring (bicyclic) bond motifs is 1. The maximum absolute atomic E-state index is 12.7. The number of hydrogen-bond donors (Lipinski definition) is 1. The molecule has 3 aromatic carbocycles. The standard InChI is InChI=1S/C22H15Cl3N2O2S/c1-2-29-19-8-7-12(9-16(19)25)21(28)26-18-10-13(14(23)11-15(18)24)22-27-17-5-3-4-6-20(17)30-22/h3-11H,2H2,1H3,(H,26,28). The van der Waals surface area contributed by atoms with E-state index >= 15 is 0 Å². The summed E-state index contributed by atoms with van der Waals surface area (Å²) in [5.74, 6) is 0.179. The first-order chi connectivity index (χ1) is 14.5. The second-order valence-electron chi connectivity index (χ2n) is 6.33. The molecule has 0 aliphatic carbocycles. The van der Waals surface area contributed by atoms with E-state index in [9.17, 15) is 4.79 Å². The average molecular weight is 478 g/mol. The van der Waals surface area contributed by atoms with Gasteiger partial charge in [0.05, 0.1) is 37.6 Å². The minimum absolute atomic E-state index is 0.329. The van der Waals surface area contributed by atoms with Crippen molar-refractivity contribution in [3.05, 3.63) is 75.2 Å². The minimum Gasteiger partial charge on any atom is -0.492 e. The van der Waals surface area contributed by atoms with Crippen LogP contribution in [-0.2, 0) is 0 Å². The molecule has 0 aliphatic heterocycles. The van der Waals surface area contributed by atoms with E-state index < -0.39 is 0 Å². The quantitative estimate of drug-likeness (QED) is 0.322. The Hall–Kier alpha value is -2.31. The van der Waals surface area contributed by atoms with Gasteiger partial charge in [0.25, 0.3) is 5.91 Å². The van der Waals surface area contributed by atoms with Crippen LogP contribution in [-0.4, -0.2) is 17.5 Å². The highest BCUT2D eigenvalue weighted by molar-refractivity contribution is 7.21. The van der Waals surface area contributed by atoms with Gasteiger partial charge in [-0.05, 0) is 49.4 Å². The number of halogens is 3. The molecule has 0 atom stereocenters. The number of carbonyl (C=O) groups excluding carboxylic acids is 1. The molecule has 0 radical (unpaired) electrons. The molecule has 4 aromatic rings. The molecule has 0 unspecified atom stereocenters. The van der Waals surface area contributed by atoms with E-state index in [1.807, 2.05) is 31.2 Å². The summed E-state index contributed by atoms with van der Waals surface area (Å²) in [5.41, 5.74) is 2.40. The Morgan fingerprint density at radius 2 is 1.83 bits per heavy atom. The molecule has 1 amide bonds. The molecule has 1 aromatic heterocycles. The van der Waals surface area contributed by atoms with E-state index in [1.165, 1.54) is 11.3 Å². The van der Waals surface area contributed by atoms with Gasteiger partial charge in [-0.25, -0.2) is 4.98 Å². The molecule has 0 spiro atoms. The van der Waals surface area contributed by atoms with Crippen molar-refractivity contribution >= 4 is 68.0 Å². The van der Waals surface area contributed by atoms with Gasteiger partial charge in [0.1, 0.15) is 10.8 Å². The number of para-hydroxylation sites is 1. The Bertz CT molecular complexity index is 1220. The van der Waals surface area contributed by atoms with Gasteiger partial charge in [0, 0.05) is 11.1 Å². The summed E-state index contributed by atoms with van der Waals surface area (Å²) in [4.78, 5) is 17.4. The third kappa shape index (κ3) is 4.25. The molecule has 1 N–H and O–H groups in total. The van der Waals surface area contributed by atoms with Crippen LogP contribution in [0.1, 0.15) is 17.3 Å². The summed E-state index contributed by atoms with van der Waals surface area (Å²) in [6.45, 7) is 2.35. The van der Waals surface area contributed by atoms with Crippen molar-refractivity contribution in [2.45, 2.75) is 6.92 Å². The number of ether oxygens (including phenoxy) is 1. The van der Waals surface area contributed by atoms with Crippen LogP contribution in [0, 0.1) is 0 Å². The predicted octanol–water partition coefficient (Wildman–Crippen LogP) is 7.57. The molecule has 30 heavy (non-hydrogen) atoms. The molecule has 0 saturated carbocycles. The number of hydrogen-bond acceptors (Lipinski definition) is 4. The van der Waals surface area contributed by atoms with E-state index in [-0.39, 0.29) is 5.91 Å². The molecule has 1 heterocycles. The summed E-state index contributed by atoms with van der Waals surface area (Å²) in [6.07, 6.45) is 0. The summed E-state index contributed by atoms with van der Waals surface area (Å²) in [7, 11) is 0. The van der Waals surface area contributed by atoms with Crippen molar-refractivity contribution < 1.29 is 9.53 Å². The fourth-order valence-corrected chi connectivity index (χ4v) is 4.71. The van der Waals surface area contributed by atoms with E-state index in [2.05, 4.69) is 10.3 Å². The Balaban J connectivity index is 1.65. The van der Waals surface area contributed by atoms with Gasteiger partial charge in [-0.3, -0.25) is 4.79 Å². The van der Waals surface area contributed by atoms with Crippen LogP contribution in [0.5, 0.6) is 5.75 Å². The second kappa shape index (κ2) is 8.82. The first-order valence-corrected chi connectivity index (χ1v) is 11.0. The van der Waals surface area contributed by atoms with E-state index in [1.54, 1.807) is 30.3 Å². The topological polar surface area (TPSA) is 51.2 Å². The molecule has 152 valence electrons. The monoisotopic (exact) mass is 476 g/mol. The van der Waals surface area contributed by atoms with Crippen molar-refractivity contribution in [2.24, 2.45) is 0 Å². The zero-order valence-corrected chi connectivity index (χ0v) is 18.8. The Labute approximate surface area is 192 Å². The summed E-state index contributed by atoms with van der Waals surface area (Å²) in [6, 6.07) is 16.0. The zero-order valence-electron chi connectivity index (χ0n) is 15.7. The van der Waals surface area contributed by atoms with Gasteiger partial charge in [-0.1, -0.05) is 46.9 Å². The number of benzene rings is 3. The van der Waals surface area contributed by atoms with Crippen LogP contribution in [0.25, 0.3) is 20.8 Å². The van der Waals surface area contributed by atoms with E-state index in [0.717, 1.165) is 15.2 Å². The lowest BCUT2D eigenvalue weighted by Gasteiger charge is -2.11. The highest BCUT2D eigenvalue weighted by Gasteiger charge is 2.16. The Morgan fingerprint density at radius 3 is 2.57 bits per heavy atom. The highest BCUT2D eigenvalue weighted by Crippen LogP contribution is 2.39. The fourth-order valence-electron chi connectivity index (χ4n) is 2.91. The lowest BCUT2D eigenvalue weighted by atomic mass is 10.1. The number of thiazole rings is 1. The predicted molar refractivity (Wildman–Crippen MR) is 126 cm³/mol. The summed E-state index contributed by atoms with van der Waals surface area (Å²) >= 11 is 20.5. The number of nitrogens with zero attached hydrogens (tertiary/aromatic N) is 1. The Morgan fingerprint density at radius 1 is 1.03 bits per heavy atom. The molecule has 0 fully saturated rings. The number of anilines is 1. The van der Waals surface area contributed by atoms with E-state index in [4.69, 9.17) is 39.5 Å². The number of carbonyl (C=O) groups is 1. The number of amides is 1. The molecule has 0 bridgehead atoms. The van der Waals surface area contributed by atoms with Gasteiger partial charge in [-0.2, -0.15) is 0 Å². The van der Waals surface area contributed by atoms with Crippen molar-refractivity contribution in [2.75, 3.05) is 11.9 Å². The summed E-state index contributed by atoms with van der Waals surface area (Å²) < 4.78 is 6.46. The van der Waals surface area contributed by atoms with Crippen LogP contribution in [0.4, 0.5) is 5.69 Å². The maximum atomic E-state index is 12.7. The first-order valence-electron chi connectivity index (χ1n) is 9.05. The smallest absolute Gasteiger partial charge is 0.255 e. The average Bonchev–Trinajstić information content (AvgIpc) is 3.15. The number of nitrogens with one attached hydrogen (secondary N) is 1. The lowest BCUT2D eigenvalue weighted by Crippen LogP contribution is -2.12. The number of aromatic nitrogens is 1. The van der Waals surface area contributed by atoms with Crippen molar-refractivity contribution in [3.63, 3.8) is 0 Å². The van der Waals surface area contributed by atoms with Crippen LogP contribution in [0.3, 0.4) is 0 Å². The van der Waals surface area contributed by atoms with Gasteiger partial charge in [-0.15, -0.1) is 11.3 Å². The van der Waals surface area contributed by atoms with Crippen LogP contribution < -0.4 is 10.1 Å². The van der Waals surface area contributed by atoms with Crippen molar-refractivity contribution in [1.29, 1.82) is 0 Å². The molecule has 0 saturated heterocycles. The molecule has 0 aliphatic rings. The Kier molecular flexibility index (Phi) is 6.16. The molecule has 8 heteroatoms. The molecule has 4 nitrogen and oxygen atoms in total. The van der Waals surface area contributed by atoms with Gasteiger partial charge >= 0.3 is 0 Å².